The van der Waals surface area contributed by atoms with E-state index in [1.165, 1.54) is 18.9 Å². The lowest BCUT2D eigenvalue weighted by Crippen LogP contribution is -2.54. The molecule has 2 bridgehead atoms. The molecule has 5 rings (SSSR count). The van der Waals surface area contributed by atoms with Crippen LogP contribution < -0.4 is 4.74 Å². The molecule has 2 aliphatic heterocycles. The summed E-state index contributed by atoms with van der Waals surface area (Å²) < 4.78 is 20.6. The Bertz CT molecular complexity index is 890. The number of fused-ring (bicyclic) bond motifs is 3. The number of carbonyl (C=O) groups excluding carboxylic acids is 1. The number of amides is 1. The molecule has 0 N–H and O–H groups in total. The molecule has 5 heteroatoms. The molecular weight excluding hydrogens is 391 g/mol. The van der Waals surface area contributed by atoms with Crippen LogP contribution in [0.3, 0.4) is 0 Å². The van der Waals surface area contributed by atoms with E-state index >= 15 is 0 Å². The van der Waals surface area contributed by atoms with Crippen molar-refractivity contribution in [2.24, 2.45) is 11.8 Å². The number of likely N-dealkylation sites (tertiary alicyclic amines) is 1. The highest BCUT2D eigenvalue weighted by Gasteiger charge is 2.42. The lowest BCUT2D eigenvalue weighted by atomic mass is 9.75. The van der Waals surface area contributed by atoms with Crippen molar-refractivity contribution in [1.82, 2.24) is 4.90 Å². The Kier molecular flexibility index (Phi) is 5.67. The van der Waals surface area contributed by atoms with Gasteiger partial charge in [0.1, 0.15) is 11.6 Å². The van der Waals surface area contributed by atoms with Crippen LogP contribution in [0.15, 0.2) is 12.1 Å². The lowest BCUT2D eigenvalue weighted by Gasteiger charge is -2.48. The molecule has 2 saturated carbocycles. The predicted molar refractivity (Wildman–Crippen MR) is 116 cm³/mol. The minimum Gasteiger partial charge on any atom is -0.493 e. The highest BCUT2D eigenvalue weighted by molar-refractivity contribution is 5.77. The van der Waals surface area contributed by atoms with Gasteiger partial charge in [0.25, 0.3) is 0 Å². The van der Waals surface area contributed by atoms with Crippen molar-refractivity contribution in [2.45, 2.75) is 95.1 Å². The number of benzene rings is 1. The summed E-state index contributed by atoms with van der Waals surface area (Å²) in [6.07, 6.45) is 9.59. The van der Waals surface area contributed by atoms with Crippen LogP contribution in [0.25, 0.3) is 0 Å². The van der Waals surface area contributed by atoms with Crippen LogP contribution in [0, 0.1) is 29.0 Å². The summed E-state index contributed by atoms with van der Waals surface area (Å²) in [7, 11) is 0. The number of nitrogens with zero attached hydrogens (tertiary/aromatic N) is 2. The van der Waals surface area contributed by atoms with Crippen LogP contribution in [0.4, 0.5) is 4.39 Å². The molecule has 4 nitrogen and oxygen atoms in total. The zero-order chi connectivity index (χ0) is 21.5. The SMILES string of the molecule is CC(CC(=O)N1C(CCC#N)CC2CCCC1C2)C1COc2ccc(F)c(C3CC3)c21. The van der Waals surface area contributed by atoms with Gasteiger partial charge in [-0.2, -0.15) is 5.26 Å². The summed E-state index contributed by atoms with van der Waals surface area (Å²) in [6, 6.07) is 6.11. The van der Waals surface area contributed by atoms with E-state index in [0.29, 0.717) is 37.3 Å². The molecular formula is C26H33FN2O2. The quantitative estimate of drug-likeness (QED) is 0.591. The Morgan fingerprint density at radius 2 is 2.10 bits per heavy atom. The second-order valence-electron chi connectivity index (χ2n) is 10.3. The third-order valence-corrected chi connectivity index (χ3v) is 8.18. The van der Waals surface area contributed by atoms with E-state index in [-0.39, 0.29) is 29.6 Å². The van der Waals surface area contributed by atoms with E-state index in [2.05, 4.69) is 17.9 Å². The van der Waals surface area contributed by atoms with Crippen molar-refractivity contribution < 1.29 is 13.9 Å². The Morgan fingerprint density at radius 3 is 2.87 bits per heavy atom. The molecule has 166 valence electrons. The third kappa shape index (κ3) is 3.95. The second-order valence-corrected chi connectivity index (χ2v) is 10.3. The van der Waals surface area contributed by atoms with Gasteiger partial charge in [0, 0.05) is 36.4 Å². The van der Waals surface area contributed by atoms with Crippen LogP contribution in [0.2, 0.25) is 0 Å². The van der Waals surface area contributed by atoms with Crippen molar-refractivity contribution in [1.29, 1.82) is 5.26 Å². The van der Waals surface area contributed by atoms with E-state index in [4.69, 9.17) is 10.00 Å². The summed E-state index contributed by atoms with van der Waals surface area (Å²) in [5.41, 5.74) is 1.87. The smallest absolute Gasteiger partial charge is 0.223 e. The monoisotopic (exact) mass is 424 g/mol. The number of nitriles is 1. The minimum absolute atomic E-state index is 0.0757. The molecule has 0 aromatic heterocycles. The Labute approximate surface area is 184 Å². The van der Waals surface area contributed by atoms with E-state index in [1.54, 1.807) is 6.07 Å². The molecule has 2 aliphatic carbocycles. The van der Waals surface area contributed by atoms with Gasteiger partial charge in [0.05, 0.1) is 12.7 Å². The highest BCUT2D eigenvalue weighted by atomic mass is 19.1. The predicted octanol–water partition coefficient (Wildman–Crippen LogP) is 5.67. The molecule has 4 aliphatic rings. The van der Waals surface area contributed by atoms with Gasteiger partial charge in [-0.1, -0.05) is 19.8 Å². The Balaban J connectivity index is 1.34. The fourth-order valence-corrected chi connectivity index (χ4v) is 6.54. The lowest BCUT2D eigenvalue weighted by molar-refractivity contribution is -0.142. The molecule has 2 heterocycles. The first kappa shape index (κ1) is 20.8. The van der Waals surface area contributed by atoms with Gasteiger partial charge in [0.15, 0.2) is 0 Å². The molecule has 1 aromatic carbocycles. The molecule has 0 spiro atoms. The number of carbonyl (C=O) groups is 1. The molecule has 1 saturated heterocycles. The molecule has 0 radical (unpaired) electrons. The topological polar surface area (TPSA) is 53.3 Å². The van der Waals surface area contributed by atoms with E-state index in [0.717, 1.165) is 55.4 Å². The maximum Gasteiger partial charge on any atom is 0.223 e. The molecule has 1 aromatic rings. The van der Waals surface area contributed by atoms with Crippen molar-refractivity contribution in [2.75, 3.05) is 6.61 Å². The highest BCUT2D eigenvalue weighted by Crippen LogP contribution is 2.51. The molecule has 5 unspecified atom stereocenters. The Hall–Kier alpha value is -2.09. The second kappa shape index (κ2) is 8.45. The van der Waals surface area contributed by atoms with Gasteiger partial charge < -0.3 is 9.64 Å². The van der Waals surface area contributed by atoms with Gasteiger partial charge >= 0.3 is 0 Å². The summed E-state index contributed by atoms with van der Waals surface area (Å²) in [5, 5.41) is 9.11. The zero-order valence-corrected chi connectivity index (χ0v) is 18.5. The number of halogens is 1. The van der Waals surface area contributed by atoms with Crippen molar-refractivity contribution >= 4 is 5.91 Å². The fraction of sp³-hybridized carbons (Fsp3) is 0.692. The van der Waals surface area contributed by atoms with Crippen LogP contribution >= 0.6 is 0 Å². The minimum atomic E-state index is -0.115. The normalized spacial score (nSPS) is 30.3. The molecule has 31 heavy (non-hydrogen) atoms. The first-order valence-electron chi connectivity index (χ1n) is 12.2. The van der Waals surface area contributed by atoms with Gasteiger partial charge in [0.2, 0.25) is 5.91 Å². The van der Waals surface area contributed by atoms with Gasteiger partial charge in [-0.25, -0.2) is 4.39 Å². The van der Waals surface area contributed by atoms with Crippen molar-refractivity contribution in [3.8, 4) is 11.8 Å². The van der Waals surface area contributed by atoms with Crippen LogP contribution in [-0.2, 0) is 4.79 Å². The standard InChI is InChI=1S/C26H33FN2O2/c1-16(21-15-31-23-10-9-22(27)25(26(21)23)18-7-8-18)12-24(30)29-19-5-2-4-17(13-19)14-20(29)6-3-11-28/h9-10,16-21H,2-8,12-15H2,1H3. The summed E-state index contributed by atoms with van der Waals surface area (Å²) in [6.45, 7) is 2.66. The molecule has 3 fully saturated rings. The first-order valence-corrected chi connectivity index (χ1v) is 12.2. The summed E-state index contributed by atoms with van der Waals surface area (Å²) in [4.78, 5) is 15.7. The number of hydrogen-bond donors (Lipinski definition) is 0. The third-order valence-electron chi connectivity index (χ3n) is 8.18. The summed E-state index contributed by atoms with van der Waals surface area (Å²) in [5.74, 6) is 2.13. The maximum absolute atomic E-state index is 14.7. The van der Waals surface area contributed by atoms with Gasteiger partial charge in [-0.05, 0) is 74.0 Å². The number of rotatable bonds is 6. The number of ether oxygens (including phenoxy) is 1. The van der Waals surface area contributed by atoms with Crippen LogP contribution in [0.1, 0.15) is 94.1 Å². The molecule has 1 amide bonds. The first-order chi connectivity index (χ1) is 15.1. The van der Waals surface area contributed by atoms with Crippen LogP contribution in [-0.4, -0.2) is 29.5 Å². The van der Waals surface area contributed by atoms with E-state index in [9.17, 15) is 9.18 Å². The Morgan fingerprint density at radius 1 is 1.26 bits per heavy atom. The van der Waals surface area contributed by atoms with Gasteiger partial charge in [-0.3, -0.25) is 4.79 Å². The zero-order valence-electron chi connectivity index (χ0n) is 18.5. The van der Waals surface area contributed by atoms with Crippen molar-refractivity contribution in [3.05, 3.63) is 29.1 Å². The molecule has 5 atom stereocenters. The number of hydrogen-bond acceptors (Lipinski definition) is 3. The average Bonchev–Trinajstić information content (AvgIpc) is 3.49. The average molecular weight is 425 g/mol. The van der Waals surface area contributed by atoms with Crippen LogP contribution in [0.5, 0.6) is 5.75 Å². The van der Waals surface area contributed by atoms with Crippen molar-refractivity contribution in [3.63, 3.8) is 0 Å². The van der Waals surface area contributed by atoms with Gasteiger partial charge in [-0.15, -0.1) is 0 Å². The van der Waals surface area contributed by atoms with E-state index in [1.807, 2.05) is 0 Å². The maximum atomic E-state index is 14.7. The fourth-order valence-electron chi connectivity index (χ4n) is 6.54. The van der Waals surface area contributed by atoms with E-state index < -0.39 is 0 Å². The number of piperidine rings is 1. The summed E-state index contributed by atoms with van der Waals surface area (Å²) >= 11 is 0. The largest absolute Gasteiger partial charge is 0.493 e.